The van der Waals surface area contributed by atoms with Crippen molar-refractivity contribution in [2.45, 2.75) is 32.7 Å². The highest BCUT2D eigenvalue weighted by molar-refractivity contribution is 5.80. The highest BCUT2D eigenvalue weighted by atomic mass is 19.2. The predicted molar refractivity (Wildman–Crippen MR) is 100 cm³/mol. The monoisotopic (exact) mass is 361 g/mol. The number of rotatable bonds is 7. The van der Waals surface area contributed by atoms with E-state index in [0.717, 1.165) is 24.5 Å². The zero-order valence-corrected chi connectivity index (χ0v) is 15.1. The molecule has 0 amide bonds. The standard InChI is InChI=1S/C20H25F2N3O/c1-3-23-20(24-12-4-5-15-6-9-17(26)10-7-15)25-14(2)16-8-11-18(21)19(22)13-16/h6-11,13-14,26H,3-5,12H2,1-2H3,(H2,23,24,25). The van der Waals surface area contributed by atoms with Crippen molar-refractivity contribution in [3.05, 3.63) is 65.2 Å². The number of halogens is 2. The number of phenols is 1. The van der Waals surface area contributed by atoms with Gasteiger partial charge in [0.15, 0.2) is 17.6 Å². The van der Waals surface area contributed by atoms with Crippen molar-refractivity contribution in [2.24, 2.45) is 4.99 Å². The molecule has 140 valence electrons. The molecule has 0 aromatic heterocycles. The summed E-state index contributed by atoms with van der Waals surface area (Å²) in [7, 11) is 0. The Balaban J connectivity index is 1.90. The van der Waals surface area contributed by atoms with Gasteiger partial charge in [-0.05, 0) is 62.1 Å². The molecule has 0 saturated heterocycles. The van der Waals surface area contributed by atoms with Crippen molar-refractivity contribution in [1.82, 2.24) is 10.6 Å². The quantitative estimate of drug-likeness (QED) is 0.398. The Morgan fingerprint density at radius 1 is 1.12 bits per heavy atom. The van der Waals surface area contributed by atoms with Crippen molar-refractivity contribution in [2.75, 3.05) is 13.1 Å². The molecule has 2 aromatic carbocycles. The fourth-order valence-corrected chi connectivity index (χ4v) is 2.53. The SMILES string of the molecule is CCNC(=NCCCc1ccc(O)cc1)NC(C)c1ccc(F)c(F)c1. The molecule has 2 aromatic rings. The second kappa shape index (κ2) is 9.75. The van der Waals surface area contributed by atoms with E-state index in [0.29, 0.717) is 24.6 Å². The van der Waals surface area contributed by atoms with Crippen LogP contribution in [0.15, 0.2) is 47.5 Å². The van der Waals surface area contributed by atoms with Gasteiger partial charge >= 0.3 is 0 Å². The lowest BCUT2D eigenvalue weighted by Gasteiger charge is -2.18. The number of phenolic OH excluding ortho intramolecular Hbond substituents is 1. The molecule has 3 N–H and O–H groups in total. The number of guanidine groups is 1. The number of nitrogens with one attached hydrogen (secondary N) is 2. The molecular weight excluding hydrogens is 336 g/mol. The van der Waals surface area contributed by atoms with E-state index in [9.17, 15) is 13.9 Å². The average Bonchev–Trinajstić information content (AvgIpc) is 2.62. The smallest absolute Gasteiger partial charge is 0.191 e. The molecule has 4 nitrogen and oxygen atoms in total. The molecule has 0 radical (unpaired) electrons. The third kappa shape index (κ3) is 6.02. The number of hydrogen-bond donors (Lipinski definition) is 3. The number of aromatic hydroxyl groups is 1. The molecular formula is C20H25F2N3O. The van der Waals surface area contributed by atoms with Gasteiger partial charge in [-0.3, -0.25) is 4.99 Å². The van der Waals surface area contributed by atoms with Crippen LogP contribution in [-0.2, 0) is 6.42 Å². The average molecular weight is 361 g/mol. The van der Waals surface area contributed by atoms with Crippen molar-refractivity contribution in [3.63, 3.8) is 0 Å². The minimum Gasteiger partial charge on any atom is -0.508 e. The largest absolute Gasteiger partial charge is 0.508 e. The third-order valence-corrected chi connectivity index (χ3v) is 3.97. The van der Waals surface area contributed by atoms with Crippen LogP contribution in [0.2, 0.25) is 0 Å². The molecule has 0 heterocycles. The lowest BCUT2D eigenvalue weighted by Crippen LogP contribution is -2.38. The predicted octanol–water partition coefficient (Wildman–Crippen LogP) is 3.92. The van der Waals surface area contributed by atoms with Crippen LogP contribution in [0.4, 0.5) is 8.78 Å². The molecule has 0 fully saturated rings. The number of aryl methyl sites for hydroxylation is 1. The van der Waals surface area contributed by atoms with Crippen molar-refractivity contribution in [3.8, 4) is 5.75 Å². The van der Waals surface area contributed by atoms with Crippen LogP contribution >= 0.6 is 0 Å². The second-order valence-corrected chi connectivity index (χ2v) is 6.07. The van der Waals surface area contributed by atoms with E-state index in [1.54, 1.807) is 18.2 Å². The van der Waals surface area contributed by atoms with E-state index in [-0.39, 0.29) is 11.8 Å². The number of aliphatic imine (C=N–C) groups is 1. The van der Waals surface area contributed by atoms with E-state index < -0.39 is 11.6 Å². The van der Waals surface area contributed by atoms with Crippen LogP contribution in [0.3, 0.4) is 0 Å². The Morgan fingerprint density at radius 3 is 2.50 bits per heavy atom. The lowest BCUT2D eigenvalue weighted by atomic mass is 10.1. The van der Waals surface area contributed by atoms with Gasteiger partial charge in [0.1, 0.15) is 5.75 Å². The van der Waals surface area contributed by atoms with Gasteiger partial charge in [-0.2, -0.15) is 0 Å². The van der Waals surface area contributed by atoms with Gasteiger partial charge in [0.05, 0.1) is 6.04 Å². The van der Waals surface area contributed by atoms with E-state index in [1.165, 1.54) is 6.07 Å². The van der Waals surface area contributed by atoms with Crippen LogP contribution in [0, 0.1) is 11.6 Å². The molecule has 0 bridgehead atoms. The topological polar surface area (TPSA) is 56.7 Å². The maximum absolute atomic E-state index is 13.4. The van der Waals surface area contributed by atoms with Gasteiger partial charge < -0.3 is 15.7 Å². The molecule has 0 aliphatic heterocycles. The normalized spacial score (nSPS) is 12.7. The summed E-state index contributed by atoms with van der Waals surface area (Å²) in [5, 5.41) is 15.6. The summed E-state index contributed by atoms with van der Waals surface area (Å²) >= 11 is 0. The number of hydrogen-bond acceptors (Lipinski definition) is 2. The molecule has 0 spiro atoms. The van der Waals surface area contributed by atoms with Gasteiger partial charge in [-0.25, -0.2) is 8.78 Å². The minimum absolute atomic E-state index is 0.208. The molecule has 2 rings (SSSR count). The molecule has 0 aliphatic carbocycles. The first-order chi connectivity index (χ1) is 12.5. The molecule has 1 unspecified atom stereocenters. The van der Waals surface area contributed by atoms with Crippen LogP contribution < -0.4 is 10.6 Å². The van der Waals surface area contributed by atoms with Gasteiger partial charge in [-0.15, -0.1) is 0 Å². The van der Waals surface area contributed by atoms with Gasteiger partial charge in [0, 0.05) is 13.1 Å². The first-order valence-electron chi connectivity index (χ1n) is 8.77. The molecule has 26 heavy (non-hydrogen) atoms. The third-order valence-electron chi connectivity index (χ3n) is 3.97. The van der Waals surface area contributed by atoms with E-state index >= 15 is 0 Å². The molecule has 0 saturated carbocycles. The van der Waals surface area contributed by atoms with E-state index in [2.05, 4.69) is 15.6 Å². The number of benzene rings is 2. The van der Waals surface area contributed by atoms with Crippen LogP contribution in [0.5, 0.6) is 5.75 Å². The summed E-state index contributed by atoms with van der Waals surface area (Å²) in [6.07, 6.45) is 1.73. The molecule has 0 aliphatic rings. The second-order valence-electron chi connectivity index (χ2n) is 6.07. The van der Waals surface area contributed by atoms with Crippen LogP contribution in [-0.4, -0.2) is 24.2 Å². The number of nitrogens with zero attached hydrogens (tertiary/aromatic N) is 1. The van der Waals surface area contributed by atoms with E-state index in [4.69, 9.17) is 0 Å². The summed E-state index contributed by atoms with van der Waals surface area (Å²) in [6.45, 7) is 5.17. The van der Waals surface area contributed by atoms with Gasteiger partial charge in [0.25, 0.3) is 0 Å². The van der Waals surface area contributed by atoms with Crippen molar-refractivity contribution >= 4 is 5.96 Å². The summed E-state index contributed by atoms with van der Waals surface area (Å²) in [4.78, 5) is 4.53. The maximum Gasteiger partial charge on any atom is 0.191 e. The highest BCUT2D eigenvalue weighted by Gasteiger charge is 2.10. The Hall–Kier alpha value is -2.63. The van der Waals surface area contributed by atoms with Gasteiger partial charge in [0.2, 0.25) is 0 Å². The van der Waals surface area contributed by atoms with Crippen LogP contribution in [0.1, 0.15) is 37.4 Å². The molecule has 1 atom stereocenters. The first-order valence-corrected chi connectivity index (χ1v) is 8.77. The lowest BCUT2D eigenvalue weighted by molar-refractivity contribution is 0.475. The Kier molecular flexibility index (Phi) is 7.38. The fraction of sp³-hybridized carbons (Fsp3) is 0.350. The summed E-state index contributed by atoms with van der Waals surface area (Å²) in [6, 6.07) is 10.8. The Morgan fingerprint density at radius 2 is 1.85 bits per heavy atom. The van der Waals surface area contributed by atoms with Crippen molar-refractivity contribution < 1.29 is 13.9 Å². The summed E-state index contributed by atoms with van der Waals surface area (Å²) in [5.41, 5.74) is 1.80. The van der Waals surface area contributed by atoms with Crippen molar-refractivity contribution in [1.29, 1.82) is 0 Å². The maximum atomic E-state index is 13.4. The van der Waals surface area contributed by atoms with Gasteiger partial charge in [-0.1, -0.05) is 18.2 Å². The van der Waals surface area contributed by atoms with Crippen LogP contribution in [0.25, 0.3) is 0 Å². The van der Waals surface area contributed by atoms with E-state index in [1.807, 2.05) is 26.0 Å². The highest BCUT2D eigenvalue weighted by Crippen LogP contribution is 2.16. The minimum atomic E-state index is -0.855. The Bertz CT molecular complexity index is 732. The summed E-state index contributed by atoms with van der Waals surface area (Å²) in [5.74, 6) is -0.810. The summed E-state index contributed by atoms with van der Waals surface area (Å²) < 4.78 is 26.5. The zero-order chi connectivity index (χ0) is 18.9. The molecule has 6 heteroatoms. The fourth-order valence-electron chi connectivity index (χ4n) is 2.53. The zero-order valence-electron chi connectivity index (χ0n) is 15.1. The Labute approximate surface area is 153 Å². The first kappa shape index (κ1) is 19.7.